The van der Waals surface area contributed by atoms with Crippen LogP contribution in [0.25, 0.3) is 21.8 Å². The Hall–Kier alpha value is -6.36. The van der Waals surface area contributed by atoms with E-state index in [0.717, 1.165) is 10.2 Å². The minimum atomic E-state index is -0.733. The van der Waals surface area contributed by atoms with Crippen LogP contribution in [0.15, 0.2) is 103 Å². The van der Waals surface area contributed by atoms with E-state index < -0.39 is 12.0 Å². The third kappa shape index (κ3) is 6.84. The average molecular weight is 631 g/mol. The molecule has 0 radical (unpaired) electrons. The van der Waals surface area contributed by atoms with Gasteiger partial charge in [0.25, 0.3) is 0 Å². The van der Waals surface area contributed by atoms with Gasteiger partial charge >= 0.3 is 18.0 Å². The number of nitrogens with zero attached hydrogens (tertiary/aromatic N) is 4. The van der Waals surface area contributed by atoms with Gasteiger partial charge in [-0.05, 0) is 61.9 Å². The second-order valence-electron chi connectivity index (χ2n) is 10.5. The van der Waals surface area contributed by atoms with Crippen LogP contribution in [0.5, 0.6) is 17.2 Å². The van der Waals surface area contributed by atoms with E-state index in [0.29, 0.717) is 33.2 Å². The van der Waals surface area contributed by atoms with Crippen LogP contribution < -0.4 is 14.4 Å². The summed E-state index contributed by atoms with van der Waals surface area (Å²) >= 11 is 0. The summed E-state index contributed by atoms with van der Waals surface area (Å²) in [5.41, 5.74) is 2.31. The van der Waals surface area contributed by atoms with Gasteiger partial charge < -0.3 is 14.6 Å². The molecule has 1 amide bonds. The molecule has 11 nitrogen and oxygen atoms in total. The number of anilines is 1. The molecule has 0 unspecified atom stereocenters. The van der Waals surface area contributed by atoms with Crippen molar-refractivity contribution >= 4 is 51.2 Å². The molecule has 1 heterocycles. The van der Waals surface area contributed by atoms with Crippen LogP contribution in [-0.4, -0.2) is 50.9 Å². The molecule has 0 aliphatic heterocycles. The Morgan fingerprint density at radius 3 is 2.19 bits per heavy atom. The van der Waals surface area contributed by atoms with E-state index in [9.17, 15) is 24.3 Å². The summed E-state index contributed by atoms with van der Waals surface area (Å²) < 4.78 is 11.7. The van der Waals surface area contributed by atoms with E-state index in [4.69, 9.17) is 9.47 Å². The Morgan fingerprint density at radius 1 is 0.787 bits per heavy atom. The third-order valence-corrected chi connectivity index (χ3v) is 7.20. The second kappa shape index (κ2) is 13.7. The number of Topliss-reactive ketones (excluding diaryl/α,β-unsaturated/α-hetero) is 1. The number of fused-ring (bicyclic) bond motifs is 2. The molecule has 6 rings (SSSR count). The van der Waals surface area contributed by atoms with E-state index in [1.807, 2.05) is 31.2 Å². The molecule has 5 aromatic carbocycles. The molecule has 11 heteroatoms. The van der Waals surface area contributed by atoms with Crippen LogP contribution in [0.3, 0.4) is 0 Å². The molecule has 0 fully saturated rings. The van der Waals surface area contributed by atoms with Crippen molar-refractivity contribution in [3.8, 4) is 17.2 Å². The van der Waals surface area contributed by atoms with E-state index in [1.54, 1.807) is 72.8 Å². The van der Waals surface area contributed by atoms with Crippen LogP contribution in [0, 0.1) is 6.92 Å². The zero-order valence-corrected chi connectivity index (χ0v) is 26.0. The van der Waals surface area contributed by atoms with Crippen molar-refractivity contribution in [3.63, 3.8) is 0 Å². The number of amides is 1. The first-order chi connectivity index (χ1) is 22.6. The molecule has 0 bridgehead atoms. The number of hydrogen-bond acceptors (Lipinski definition) is 9. The maximum atomic E-state index is 13.4. The van der Waals surface area contributed by atoms with Gasteiger partial charge in [-0.3, -0.25) is 14.5 Å². The number of ether oxygens (including phenoxy) is 2. The summed E-state index contributed by atoms with van der Waals surface area (Å²) in [6.07, 6.45) is 0. The number of para-hydroxylation sites is 3. The van der Waals surface area contributed by atoms with Gasteiger partial charge in [-0.1, -0.05) is 65.9 Å². The lowest BCUT2D eigenvalue weighted by atomic mass is 9.98. The van der Waals surface area contributed by atoms with E-state index in [-0.39, 0.29) is 34.4 Å². The fraction of sp³-hybridized carbons (Fsp3) is 0.111. The third-order valence-electron chi connectivity index (χ3n) is 7.20. The lowest BCUT2D eigenvalue weighted by molar-refractivity contribution is -0.131. The summed E-state index contributed by atoms with van der Waals surface area (Å²) in [6.45, 7) is 4.52. The number of phenolic OH excluding ortho intramolecular Hbond substituents is 1. The van der Waals surface area contributed by atoms with Gasteiger partial charge in [0.1, 0.15) is 22.8 Å². The van der Waals surface area contributed by atoms with Gasteiger partial charge in [0.2, 0.25) is 0 Å². The van der Waals surface area contributed by atoms with Gasteiger partial charge in [-0.15, -0.1) is 5.10 Å². The number of aromatic nitrogens is 3. The highest BCUT2D eigenvalue weighted by molar-refractivity contribution is 6.09. The number of benzene rings is 5. The Kier molecular flexibility index (Phi) is 9.37. The predicted molar refractivity (Wildman–Crippen MR) is 176 cm³/mol. The highest BCUT2D eigenvalue weighted by Gasteiger charge is 2.25. The number of rotatable bonds is 5. The largest absolute Gasteiger partial charge is 0.507 e. The fourth-order valence-corrected chi connectivity index (χ4v) is 4.96. The Balaban J connectivity index is 0.000000371. The number of phenols is 1. The Bertz CT molecular complexity index is 2140. The molecule has 0 saturated carbocycles. The number of aromatic hydroxyl groups is 1. The highest BCUT2D eigenvalue weighted by atomic mass is 16.5. The normalized spacial score (nSPS) is 10.6. The number of esters is 2. The van der Waals surface area contributed by atoms with Crippen molar-refractivity contribution in [2.24, 2.45) is 0 Å². The molecule has 0 spiro atoms. The number of ketones is 1. The van der Waals surface area contributed by atoms with Crippen LogP contribution in [-0.2, 0) is 4.79 Å². The van der Waals surface area contributed by atoms with E-state index in [1.165, 1.54) is 31.9 Å². The molecule has 0 aliphatic carbocycles. The van der Waals surface area contributed by atoms with Crippen molar-refractivity contribution in [1.82, 2.24) is 15.0 Å². The van der Waals surface area contributed by atoms with Crippen LogP contribution in [0.1, 0.15) is 40.1 Å². The second-order valence-corrected chi connectivity index (χ2v) is 10.5. The Labute approximate surface area is 269 Å². The van der Waals surface area contributed by atoms with Crippen molar-refractivity contribution in [1.29, 1.82) is 0 Å². The molecule has 6 aromatic rings. The molecule has 1 aromatic heterocycles. The van der Waals surface area contributed by atoms with Crippen LogP contribution >= 0.6 is 0 Å². The molecular formula is C36H30N4O7. The number of aryl methyl sites for hydroxylation is 1. The van der Waals surface area contributed by atoms with Gasteiger partial charge in [0.15, 0.2) is 5.78 Å². The quantitative estimate of drug-likeness (QED) is 0.125. The van der Waals surface area contributed by atoms with Gasteiger partial charge in [0, 0.05) is 24.7 Å². The maximum absolute atomic E-state index is 13.4. The van der Waals surface area contributed by atoms with Crippen molar-refractivity contribution < 1.29 is 33.8 Å². The summed E-state index contributed by atoms with van der Waals surface area (Å²) in [6, 6.07) is 28.6. The Morgan fingerprint density at radius 2 is 1.47 bits per heavy atom. The summed E-state index contributed by atoms with van der Waals surface area (Å²) in [7, 11) is 1.53. The lowest BCUT2D eigenvalue weighted by Gasteiger charge is -2.20. The smallest absolute Gasteiger partial charge is 0.350 e. The van der Waals surface area contributed by atoms with Crippen LogP contribution in [0.4, 0.5) is 10.5 Å². The molecular weight excluding hydrogens is 600 g/mol. The van der Waals surface area contributed by atoms with Gasteiger partial charge in [0.05, 0.1) is 22.3 Å². The van der Waals surface area contributed by atoms with Gasteiger partial charge in [-0.25, -0.2) is 9.59 Å². The summed E-state index contributed by atoms with van der Waals surface area (Å²) in [5, 5.41) is 19.5. The molecule has 236 valence electrons. The van der Waals surface area contributed by atoms with Crippen molar-refractivity contribution in [3.05, 3.63) is 120 Å². The van der Waals surface area contributed by atoms with E-state index in [2.05, 4.69) is 10.3 Å². The topological polar surface area (TPSA) is 141 Å². The standard InChI is InChI=1S/C28H22N4O5.C8H8O2/c1-16-9-8-11-19-25(16)24(15-20(17(2)33)26(19)34)37-27(35)18-10-4-6-13-22(18)31(3)28(36)32-23-14-7-5-12-21(23)29-30-32;1-7(9)10-8-5-3-2-4-6-8/h4-15,34H,1-3H3;2-6H,1H3. The van der Waals surface area contributed by atoms with Gasteiger partial charge in [-0.2, -0.15) is 4.68 Å². The zero-order chi connectivity index (χ0) is 33.7. The minimum absolute atomic E-state index is 0.0412. The first-order valence-corrected chi connectivity index (χ1v) is 14.5. The van der Waals surface area contributed by atoms with Crippen molar-refractivity contribution in [2.45, 2.75) is 20.8 Å². The van der Waals surface area contributed by atoms with E-state index >= 15 is 0 Å². The molecule has 0 saturated heterocycles. The fourth-order valence-electron chi connectivity index (χ4n) is 4.96. The van der Waals surface area contributed by atoms with Crippen molar-refractivity contribution in [2.75, 3.05) is 11.9 Å². The number of hydrogen-bond donors (Lipinski definition) is 1. The molecule has 0 atom stereocenters. The number of carbonyl (C=O) groups excluding carboxylic acids is 4. The SMILES string of the molecule is CC(=O)Oc1ccccc1.CC(=O)c1cc(OC(=O)c2ccccc2N(C)C(=O)n2nnc3ccccc32)c2c(C)cccc2c1O. The average Bonchev–Trinajstić information content (AvgIpc) is 3.50. The summed E-state index contributed by atoms with van der Waals surface area (Å²) in [4.78, 5) is 50.6. The summed E-state index contributed by atoms with van der Waals surface area (Å²) in [5.74, 6) is -0.836. The molecule has 0 aliphatic rings. The predicted octanol–water partition coefficient (Wildman–Crippen LogP) is 6.74. The number of carbonyl (C=O) groups is 4. The maximum Gasteiger partial charge on any atom is 0.350 e. The first-order valence-electron chi connectivity index (χ1n) is 14.5. The molecule has 1 N–H and O–H groups in total. The lowest BCUT2D eigenvalue weighted by Crippen LogP contribution is -2.33. The van der Waals surface area contributed by atoms with Crippen LogP contribution in [0.2, 0.25) is 0 Å². The molecule has 47 heavy (non-hydrogen) atoms. The highest BCUT2D eigenvalue weighted by Crippen LogP contribution is 2.39. The minimum Gasteiger partial charge on any atom is -0.507 e. The monoisotopic (exact) mass is 630 g/mol. The zero-order valence-electron chi connectivity index (χ0n) is 26.0. The first kappa shape index (κ1) is 32.0.